The van der Waals surface area contributed by atoms with Crippen molar-refractivity contribution in [2.75, 3.05) is 25.1 Å². The summed E-state index contributed by atoms with van der Waals surface area (Å²) < 4.78 is 11.0. The van der Waals surface area contributed by atoms with Crippen molar-refractivity contribution in [3.8, 4) is 5.88 Å². The molecule has 6 heteroatoms. The molecule has 0 radical (unpaired) electrons. The van der Waals surface area contributed by atoms with Gasteiger partial charge in [0.15, 0.2) is 0 Å². The Balaban J connectivity index is 2.04. The van der Waals surface area contributed by atoms with Gasteiger partial charge in [-0.15, -0.1) is 0 Å². The lowest BCUT2D eigenvalue weighted by Gasteiger charge is -2.23. The highest BCUT2D eigenvalue weighted by Crippen LogP contribution is 2.25. The number of ether oxygens (including phenoxy) is 2. The number of halogens is 1. The summed E-state index contributed by atoms with van der Waals surface area (Å²) in [5.41, 5.74) is 0. The minimum atomic E-state index is 0.130. The predicted molar refractivity (Wildman–Crippen MR) is 65.7 cm³/mol. The second-order valence-electron chi connectivity index (χ2n) is 3.81. The van der Waals surface area contributed by atoms with Gasteiger partial charge in [-0.3, -0.25) is 0 Å². The molecule has 0 saturated carbocycles. The SMILES string of the molecule is CCNc1ncc(Cl)c(OC2CCOCC2)n1. The van der Waals surface area contributed by atoms with E-state index in [1.165, 1.54) is 0 Å². The normalized spacial score (nSPS) is 16.8. The molecule has 94 valence electrons. The molecule has 0 spiro atoms. The maximum absolute atomic E-state index is 6.01. The molecule has 1 aromatic heterocycles. The summed E-state index contributed by atoms with van der Waals surface area (Å²) in [7, 11) is 0. The number of rotatable bonds is 4. The summed E-state index contributed by atoms with van der Waals surface area (Å²) in [5.74, 6) is 0.989. The van der Waals surface area contributed by atoms with Gasteiger partial charge in [0.05, 0.1) is 19.4 Å². The number of hydrogen-bond donors (Lipinski definition) is 1. The lowest BCUT2D eigenvalue weighted by molar-refractivity contribution is 0.0238. The fourth-order valence-electron chi connectivity index (χ4n) is 1.63. The van der Waals surface area contributed by atoms with Gasteiger partial charge in [-0.2, -0.15) is 4.98 Å². The molecule has 1 fully saturated rings. The fraction of sp³-hybridized carbons (Fsp3) is 0.636. The molecule has 1 aliphatic rings. The third-order valence-corrected chi connectivity index (χ3v) is 2.75. The van der Waals surface area contributed by atoms with Gasteiger partial charge in [-0.05, 0) is 6.92 Å². The topological polar surface area (TPSA) is 56.3 Å². The van der Waals surface area contributed by atoms with Gasteiger partial charge >= 0.3 is 0 Å². The van der Waals surface area contributed by atoms with E-state index in [9.17, 15) is 0 Å². The number of aromatic nitrogens is 2. The molecule has 0 aliphatic carbocycles. The first-order chi connectivity index (χ1) is 8.29. The van der Waals surface area contributed by atoms with Crippen molar-refractivity contribution in [1.82, 2.24) is 9.97 Å². The second kappa shape index (κ2) is 6.02. The van der Waals surface area contributed by atoms with Crippen LogP contribution < -0.4 is 10.1 Å². The van der Waals surface area contributed by atoms with Crippen molar-refractivity contribution in [1.29, 1.82) is 0 Å². The van der Waals surface area contributed by atoms with Gasteiger partial charge < -0.3 is 14.8 Å². The van der Waals surface area contributed by atoms with Crippen LogP contribution in [0.15, 0.2) is 6.20 Å². The van der Waals surface area contributed by atoms with Gasteiger partial charge in [0, 0.05) is 19.4 Å². The Hall–Kier alpha value is -1.07. The van der Waals surface area contributed by atoms with Crippen molar-refractivity contribution in [2.24, 2.45) is 0 Å². The lowest BCUT2D eigenvalue weighted by atomic mass is 10.2. The molecule has 0 bridgehead atoms. The van der Waals surface area contributed by atoms with Gasteiger partial charge in [-0.25, -0.2) is 4.98 Å². The van der Waals surface area contributed by atoms with E-state index in [2.05, 4.69) is 15.3 Å². The highest BCUT2D eigenvalue weighted by atomic mass is 35.5. The highest BCUT2D eigenvalue weighted by Gasteiger charge is 2.17. The van der Waals surface area contributed by atoms with Gasteiger partial charge in [0.25, 0.3) is 0 Å². The minimum Gasteiger partial charge on any atom is -0.473 e. The molecule has 1 saturated heterocycles. The summed E-state index contributed by atoms with van der Waals surface area (Å²) in [5, 5.41) is 3.47. The molecule has 2 heterocycles. The Morgan fingerprint density at radius 1 is 1.53 bits per heavy atom. The molecule has 0 amide bonds. The molecule has 0 atom stereocenters. The van der Waals surface area contributed by atoms with Gasteiger partial charge in [0.2, 0.25) is 11.8 Å². The summed E-state index contributed by atoms with van der Waals surface area (Å²) in [4.78, 5) is 8.30. The van der Waals surface area contributed by atoms with Crippen molar-refractivity contribution in [3.05, 3.63) is 11.2 Å². The summed E-state index contributed by atoms with van der Waals surface area (Å²) in [6.45, 7) is 4.20. The molecule has 2 rings (SSSR count). The maximum atomic E-state index is 6.01. The van der Waals surface area contributed by atoms with E-state index >= 15 is 0 Å². The first-order valence-corrected chi connectivity index (χ1v) is 6.18. The average Bonchev–Trinajstić information content (AvgIpc) is 2.35. The summed E-state index contributed by atoms with van der Waals surface area (Å²) >= 11 is 6.01. The Bertz CT molecular complexity index is 370. The second-order valence-corrected chi connectivity index (χ2v) is 4.21. The van der Waals surface area contributed by atoms with E-state index < -0.39 is 0 Å². The highest BCUT2D eigenvalue weighted by molar-refractivity contribution is 6.31. The fourth-order valence-corrected chi connectivity index (χ4v) is 1.76. The average molecular weight is 258 g/mol. The van der Waals surface area contributed by atoms with Crippen molar-refractivity contribution in [2.45, 2.75) is 25.9 Å². The number of anilines is 1. The minimum absolute atomic E-state index is 0.130. The Kier molecular flexibility index (Phi) is 4.39. The molecule has 0 unspecified atom stereocenters. The Labute approximate surface area is 105 Å². The Morgan fingerprint density at radius 3 is 3.00 bits per heavy atom. The number of hydrogen-bond acceptors (Lipinski definition) is 5. The molecule has 17 heavy (non-hydrogen) atoms. The monoisotopic (exact) mass is 257 g/mol. The van der Waals surface area contributed by atoms with Gasteiger partial charge in [0.1, 0.15) is 11.1 Å². The molecule has 1 aromatic rings. The first-order valence-electron chi connectivity index (χ1n) is 5.80. The Morgan fingerprint density at radius 2 is 2.29 bits per heavy atom. The van der Waals surface area contributed by atoms with Crippen LogP contribution in [0, 0.1) is 0 Å². The van der Waals surface area contributed by atoms with Crippen LogP contribution in [-0.2, 0) is 4.74 Å². The smallest absolute Gasteiger partial charge is 0.237 e. The lowest BCUT2D eigenvalue weighted by Crippen LogP contribution is -2.26. The van der Waals surface area contributed by atoms with Crippen molar-refractivity contribution < 1.29 is 9.47 Å². The molecule has 5 nitrogen and oxygen atoms in total. The third-order valence-electron chi connectivity index (χ3n) is 2.49. The zero-order valence-electron chi connectivity index (χ0n) is 9.78. The standard InChI is InChI=1S/C11H16ClN3O2/c1-2-13-11-14-7-9(12)10(15-11)17-8-3-5-16-6-4-8/h7-8H,2-6H2,1H3,(H,13,14,15). The van der Waals surface area contributed by atoms with Crippen LogP contribution in [0.25, 0.3) is 0 Å². The predicted octanol–water partition coefficient (Wildman–Crippen LogP) is 2.12. The summed E-state index contributed by atoms with van der Waals surface area (Å²) in [6, 6.07) is 0. The maximum Gasteiger partial charge on any atom is 0.237 e. The molecular weight excluding hydrogens is 242 g/mol. The van der Waals surface area contributed by atoms with E-state index in [0.717, 1.165) is 32.6 Å². The summed E-state index contributed by atoms with van der Waals surface area (Å²) in [6.07, 6.45) is 3.43. The van der Waals surface area contributed by atoms with Crippen molar-refractivity contribution >= 4 is 17.5 Å². The molecule has 1 N–H and O–H groups in total. The van der Waals surface area contributed by atoms with Crippen LogP contribution in [0.5, 0.6) is 5.88 Å². The largest absolute Gasteiger partial charge is 0.473 e. The van der Waals surface area contributed by atoms with Gasteiger partial charge in [-0.1, -0.05) is 11.6 Å². The van der Waals surface area contributed by atoms with Crippen molar-refractivity contribution in [3.63, 3.8) is 0 Å². The van der Waals surface area contributed by atoms with Crippen LogP contribution in [0.1, 0.15) is 19.8 Å². The van der Waals surface area contributed by atoms with E-state index in [0.29, 0.717) is 16.9 Å². The van der Waals surface area contributed by atoms with Crippen LogP contribution in [0.4, 0.5) is 5.95 Å². The number of nitrogens with zero attached hydrogens (tertiary/aromatic N) is 2. The number of nitrogens with one attached hydrogen (secondary N) is 1. The van der Waals surface area contributed by atoms with Crippen LogP contribution in [0.3, 0.4) is 0 Å². The van der Waals surface area contributed by atoms with Crippen LogP contribution >= 0.6 is 11.6 Å². The van der Waals surface area contributed by atoms with E-state index in [4.69, 9.17) is 21.1 Å². The van der Waals surface area contributed by atoms with E-state index in [-0.39, 0.29) is 6.10 Å². The van der Waals surface area contributed by atoms with Crippen LogP contribution in [-0.4, -0.2) is 35.8 Å². The van der Waals surface area contributed by atoms with Crippen LogP contribution in [0.2, 0.25) is 5.02 Å². The van der Waals surface area contributed by atoms with E-state index in [1.807, 2.05) is 6.92 Å². The molecule has 0 aromatic carbocycles. The molecular formula is C11H16ClN3O2. The quantitative estimate of drug-likeness (QED) is 0.895. The third kappa shape index (κ3) is 3.44. The van der Waals surface area contributed by atoms with E-state index in [1.54, 1.807) is 6.20 Å². The molecule has 1 aliphatic heterocycles. The zero-order chi connectivity index (χ0) is 12.1. The zero-order valence-corrected chi connectivity index (χ0v) is 10.5. The first kappa shape index (κ1) is 12.4.